The molecule has 0 atom stereocenters. The van der Waals surface area contributed by atoms with Crippen molar-refractivity contribution in [3.8, 4) is 0 Å². The second kappa shape index (κ2) is 10.0. The predicted molar refractivity (Wildman–Crippen MR) is 97.6 cm³/mol. The molecule has 0 aromatic rings. The van der Waals surface area contributed by atoms with Gasteiger partial charge in [-0.25, -0.2) is 0 Å². The smallest absolute Gasteiger partial charge is 0.313 e. The fraction of sp³-hybridized carbons (Fsp3) is 0.900. The van der Waals surface area contributed by atoms with Crippen LogP contribution < -0.4 is 0 Å². The van der Waals surface area contributed by atoms with Gasteiger partial charge in [-0.3, -0.25) is 9.59 Å². The van der Waals surface area contributed by atoms with E-state index < -0.39 is 10.8 Å². The minimum Gasteiger partial charge on any atom is -0.465 e. The van der Waals surface area contributed by atoms with E-state index in [0.717, 1.165) is 0 Å². The number of carbonyl (C=O) groups excluding carboxylic acids is 2. The van der Waals surface area contributed by atoms with Crippen molar-refractivity contribution in [3.63, 3.8) is 0 Å². The maximum atomic E-state index is 13.0. The lowest BCUT2D eigenvalue weighted by molar-refractivity contribution is -0.185. The van der Waals surface area contributed by atoms with Crippen LogP contribution in [0.5, 0.6) is 0 Å². The van der Waals surface area contributed by atoms with Gasteiger partial charge in [-0.05, 0) is 37.5 Å². The zero-order valence-electron chi connectivity index (χ0n) is 17.0. The summed E-state index contributed by atoms with van der Waals surface area (Å²) >= 11 is 0. The molecule has 4 heteroatoms. The zero-order chi connectivity index (χ0) is 19.0. The second-order valence-corrected chi connectivity index (χ2v) is 7.56. The topological polar surface area (TPSA) is 52.6 Å². The molecule has 142 valence electrons. The number of hydrogen-bond acceptors (Lipinski definition) is 4. The molecule has 0 N–H and O–H groups in total. The number of rotatable bonds is 11. The molecule has 0 aliphatic rings. The van der Waals surface area contributed by atoms with E-state index in [4.69, 9.17) is 9.47 Å². The highest BCUT2D eigenvalue weighted by Gasteiger charge is 2.58. The van der Waals surface area contributed by atoms with E-state index in [1.54, 1.807) is 0 Å². The Morgan fingerprint density at radius 3 is 1.08 bits per heavy atom. The summed E-state index contributed by atoms with van der Waals surface area (Å²) < 4.78 is 11.2. The molecule has 0 bridgehead atoms. The molecule has 0 saturated carbocycles. The van der Waals surface area contributed by atoms with Crippen molar-refractivity contribution in [2.45, 2.75) is 81.1 Å². The minimum absolute atomic E-state index is 0.258. The summed E-state index contributed by atoms with van der Waals surface area (Å²) in [5.74, 6) is 0.0228. The molecule has 0 heterocycles. The standard InChI is InChI=1S/C20H38O4/c1-9-19(10-2,17(21)23-13-15(5)6)20(11-3,12-4)18(22)24-14-16(7)8/h15-16H,9-14H2,1-8H3. The van der Waals surface area contributed by atoms with Crippen LogP contribution in [-0.4, -0.2) is 25.2 Å². The van der Waals surface area contributed by atoms with Gasteiger partial charge in [-0.2, -0.15) is 0 Å². The summed E-state index contributed by atoms with van der Waals surface area (Å²) in [4.78, 5) is 26.0. The lowest BCUT2D eigenvalue weighted by Crippen LogP contribution is -2.53. The molecule has 0 aromatic heterocycles. The van der Waals surface area contributed by atoms with Crippen LogP contribution >= 0.6 is 0 Å². The van der Waals surface area contributed by atoms with E-state index in [1.165, 1.54) is 0 Å². The van der Waals surface area contributed by atoms with E-state index in [1.807, 2.05) is 55.4 Å². The molecular formula is C20H38O4. The van der Waals surface area contributed by atoms with Crippen molar-refractivity contribution < 1.29 is 19.1 Å². The van der Waals surface area contributed by atoms with Crippen LogP contribution in [0.1, 0.15) is 81.1 Å². The Morgan fingerprint density at radius 2 is 0.917 bits per heavy atom. The SMILES string of the molecule is CCC(CC)(C(=O)OCC(C)C)C(CC)(CC)C(=O)OCC(C)C. The largest absolute Gasteiger partial charge is 0.465 e. The van der Waals surface area contributed by atoms with Gasteiger partial charge in [0.1, 0.15) is 0 Å². The maximum absolute atomic E-state index is 13.0. The third-order valence-corrected chi connectivity index (χ3v) is 5.21. The van der Waals surface area contributed by atoms with E-state index >= 15 is 0 Å². The van der Waals surface area contributed by atoms with Gasteiger partial charge in [0.05, 0.1) is 24.0 Å². The van der Waals surface area contributed by atoms with Gasteiger partial charge in [0.2, 0.25) is 0 Å². The predicted octanol–water partition coefficient (Wildman–Crippen LogP) is 5.00. The molecule has 4 nitrogen and oxygen atoms in total. The summed E-state index contributed by atoms with van der Waals surface area (Å²) in [6.45, 7) is 16.7. The summed E-state index contributed by atoms with van der Waals surface area (Å²) in [6, 6.07) is 0. The van der Waals surface area contributed by atoms with Crippen LogP contribution in [-0.2, 0) is 19.1 Å². The quantitative estimate of drug-likeness (QED) is 0.496. The van der Waals surface area contributed by atoms with Crippen LogP contribution in [0, 0.1) is 22.7 Å². The van der Waals surface area contributed by atoms with Gasteiger partial charge in [-0.15, -0.1) is 0 Å². The van der Waals surface area contributed by atoms with Crippen LogP contribution in [0.4, 0.5) is 0 Å². The molecule has 0 saturated heterocycles. The third kappa shape index (κ3) is 4.73. The zero-order valence-corrected chi connectivity index (χ0v) is 17.0. The van der Waals surface area contributed by atoms with Crippen LogP contribution in [0.2, 0.25) is 0 Å². The molecule has 0 aromatic carbocycles. The van der Waals surface area contributed by atoms with E-state index in [9.17, 15) is 9.59 Å². The highest BCUT2D eigenvalue weighted by atomic mass is 16.5. The first kappa shape index (κ1) is 22.9. The number of esters is 2. The molecule has 0 radical (unpaired) electrons. The van der Waals surface area contributed by atoms with E-state index in [2.05, 4.69) is 0 Å². The average molecular weight is 343 g/mol. The van der Waals surface area contributed by atoms with Crippen molar-refractivity contribution in [1.29, 1.82) is 0 Å². The summed E-state index contributed by atoms with van der Waals surface area (Å²) in [5.41, 5.74) is -1.67. The number of ether oxygens (including phenoxy) is 2. The van der Waals surface area contributed by atoms with Gasteiger partial charge in [0.25, 0.3) is 0 Å². The monoisotopic (exact) mass is 342 g/mol. The minimum atomic E-state index is -0.834. The highest BCUT2D eigenvalue weighted by molar-refractivity contribution is 5.88. The Hall–Kier alpha value is -1.06. The Labute approximate surface area is 148 Å². The molecule has 0 aliphatic carbocycles. The van der Waals surface area contributed by atoms with Crippen molar-refractivity contribution in [3.05, 3.63) is 0 Å². The van der Waals surface area contributed by atoms with Crippen molar-refractivity contribution >= 4 is 11.9 Å². The molecule has 0 aliphatic heterocycles. The van der Waals surface area contributed by atoms with Crippen molar-refractivity contribution in [2.75, 3.05) is 13.2 Å². The lowest BCUT2D eigenvalue weighted by Gasteiger charge is -2.45. The Balaban J connectivity index is 5.78. The molecule has 24 heavy (non-hydrogen) atoms. The maximum Gasteiger partial charge on any atom is 0.313 e. The normalized spacial score (nSPS) is 12.6. The fourth-order valence-corrected chi connectivity index (χ4v) is 3.58. The lowest BCUT2D eigenvalue weighted by atomic mass is 9.57. The number of hydrogen-bond donors (Lipinski definition) is 0. The van der Waals surface area contributed by atoms with Gasteiger partial charge >= 0.3 is 11.9 Å². The van der Waals surface area contributed by atoms with E-state index in [-0.39, 0.29) is 23.8 Å². The Kier molecular flexibility index (Phi) is 9.61. The van der Waals surface area contributed by atoms with Crippen LogP contribution in [0.15, 0.2) is 0 Å². The molecule has 0 amide bonds. The molecule has 0 unspecified atom stereocenters. The van der Waals surface area contributed by atoms with Gasteiger partial charge in [-0.1, -0.05) is 55.4 Å². The van der Waals surface area contributed by atoms with Crippen LogP contribution in [0.3, 0.4) is 0 Å². The second-order valence-electron chi connectivity index (χ2n) is 7.56. The summed E-state index contributed by atoms with van der Waals surface area (Å²) in [5, 5.41) is 0. The average Bonchev–Trinajstić information content (AvgIpc) is 2.55. The van der Waals surface area contributed by atoms with Gasteiger partial charge < -0.3 is 9.47 Å². The summed E-state index contributed by atoms with van der Waals surface area (Å²) in [6.07, 6.45) is 2.27. The van der Waals surface area contributed by atoms with Crippen molar-refractivity contribution in [2.24, 2.45) is 22.7 Å². The molecular weight excluding hydrogens is 304 g/mol. The Morgan fingerprint density at radius 1 is 0.667 bits per heavy atom. The molecule has 0 fully saturated rings. The first-order valence-corrected chi connectivity index (χ1v) is 9.51. The Bertz CT molecular complexity index is 352. The van der Waals surface area contributed by atoms with Crippen molar-refractivity contribution in [1.82, 2.24) is 0 Å². The highest BCUT2D eigenvalue weighted by Crippen LogP contribution is 2.51. The summed E-state index contributed by atoms with van der Waals surface area (Å²) in [7, 11) is 0. The first-order valence-electron chi connectivity index (χ1n) is 9.51. The fourth-order valence-electron chi connectivity index (χ4n) is 3.58. The molecule has 0 rings (SSSR count). The van der Waals surface area contributed by atoms with Crippen LogP contribution in [0.25, 0.3) is 0 Å². The first-order chi connectivity index (χ1) is 11.2. The molecule has 0 spiro atoms. The third-order valence-electron chi connectivity index (χ3n) is 5.21. The van der Waals surface area contributed by atoms with E-state index in [0.29, 0.717) is 38.9 Å². The number of carbonyl (C=O) groups is 2. The van der Waals surface area contributed by atoms with Gasteiger partial charge in [0.15, 0.2) is 0 Å². The van der Waals surface area contributed by atoms with Gasteiger partial charge in [0, 0.05) is 0 Å².